The number of amides is 3. The van der Waals surface area contributed by atoms with Crippen LogP contribution in [0, 0.1) is 5.82 Å². The number of benzene rings is 2. The van der Waals surface area contributed by atoms with Gasteiger partial charge in [-0.2, -0.15) is 0 Å². The molecule has 1 aliphatic heterocycles. The highest BCUT2D eigenvalue weighted by Crippen LogP contribution is 2.23. The van der Waals surface area contributed by atoms with Crippen molar-refractivity contribution in [2.24, 2.45) is 0 Å². The van der Waals surface area contributed by atoms with Crippen LogP contribution in [0.4, 0.5) is 14.9 Å². The maximum Gasteiger partial charge on any atom is 0.324 e. The van der Waals surface area contributed by atoms with Gasteiger partial charge in [0.1, 0.15) is 5.82 Å². The minimum atomic E-state index is -0.298. The lowest BCUT2D eigenvalue weighted by molar-refractivity contribution is 0.0950. The maximum absolute atomic E-state index is 13.2. The van der Waals surface area contributed by atoms with E-state index >= 15 is 0 Å². The zero-order valence-corrected chi connectivity index (χ0v) is 17.0. The topological polar surface area (TPSA) is 65.5 Å². The van der Waals surface area contributed by atoms with Crippen molar-refractivity contribution in [3.05, 3.63) is 95.6 Å². The molecule has 1 fully saturated rings. The lowest BCUT2D eigenvalue weighted by Crippen LogP contribution is -2.49. The van der Waals surface area contributed by atoms with Crippen LogP contribution >= 0.6 is 0 Å². The average Bonchev–Trinajstić information content (AvgIpc) is 2.81. The van der Waals surface area contributed by atoms with E-state index in [0.717, 1.165) is 17.7 Å². The number of anilines is 1. The lowest BCUT2D eigenvalue weighted by atomic mass is 10.1. The standard InChI is InChI=1S/C24H23FN4O2/c25-20-10-8-18(9-11-20)17-28-13-4-14-29(24(28)31)22-7-3-5-19(15-22)23(30)27-16-21-6-1-2-12-26-21/h1-3,5-12,15H,4,13-14,16-17H2,(H,27,30). The molecule has 0 spiro atoms. The third-order valence-corrected chi connectivity index (χ3v) is 5.17. The highest BCUT2D eigenvalue weighted by molar-refractivity contribution is 5.98. The van der Waals surface area contributed by atoms with Gasteiger partial charge in [-0.15, -0.1) is 0 Å². The monoisotopic (exact) mass is 418 g/mol. The Bertz CT molecular complexity index is 1060. The van der Waals surface area contributed by atoms with Crippen LogP contribution in [-0.2, 0) is 13.1 Å². The van der Waals surface area contributed by atoms with Crippen LogP contribution in [0.1, 0.15) is 28.0 Å². The van der Waals surface area contributed by atoms with E-state index in [0.29, 0.717) is 37.4 Å². The summed E-state index contributed by atoms with van der Waals surface area (Å²) in [5.74, 6) is -0.520. The summed E-state index contributed by atoms with van der Waals surface area (Å²) in [5, 5.41) is 2.86. The number of urea groups is 1. The molecule has 0 aliphatic carbocycles. The van der Waals surface area contributed by atoms with Crippen LogP contribution < -0.4 is 10.2 Å². The van der Waals surface area contributed by atoms with Gasteiger partial charge < -0.3 is 10.2 Å². The first-order chi connectivity index (χ1) is 15.1. The smallest absolute Gasteiger partial charge is 0.324 e. The van der Waals surface area contributed by atoms with Gasteiger partial charge in [-0.25, -0.2) is 9.18 Å². The van der Waals surface area contributed by atoms with Gasteiger partial charge in [-0.3, -0.25) is 14.7 Å². The van der Waals surface area contributed by atoms with Crippen LogP contribution in [0.25, 0.3) is 0 Å². The molecule has 2 aromatic carbocycles. The number of aromatic nitrogens is 1. The second kappa shape index (κ2) is 9.38. The van der Waals surface area contributed by atoms with Gasteiger partial charge in [0.2, 0.25) is 0 Å². The van der Waals surface area contributed by atoms with Crippen molar-refractivity contribution >= 4 is 17.6 Å². The van der Waals surface area contributed by atoms with E-state index in [2.05, 4.69) is 10.3 Å². The third-order valence-electron chi connectivity index (χ3n) is 5.17. The number of carbonyl (C=O) groups excluding carboxylic acids is 2. The van der Waals surface area contributed by atoms with Crippen LogP contribution in [0.2, 0.25) is 0 Å². The van der Waals surface area contributed by atoms with Gasteiger partial charge in [0.05, 0.1) is 12.2 Å². The van der Waals surface area contributed by atoms with E-state index in [1.54, 1.807) is 46.3 Å². The molecule has 4 rings (SSSR count). The van der Waals surface area contributed by atoms with E-state index in [4.69, 9.17) is 0 Å². The Kier molecular flexibility index (Phi) is 6.21. The number of nitrogens with zero attached hydrogens (tertiary/aromatic N) is 3. The Hall–Kier alpha value is -3.74. The van der Waals surface area contributed by atoms with Crippen LogP contribution in [0.5, 0.6) is 0 Å². The van der Waals surface area contributed by atoms with Crippen LogP contribution in [0.3, 0.4) is 0 Å². The molecule has 1 N–H and O–H groups in total. The second-order valence-electron chi connectivity index (χ2n) is 7.39. The third kappa shape index (κ3) is 5.06. The Morgan fingerprint density at radius 2 is 1.87 bits per heavy atom. The number of pyridine rings is 1. The van der Waals surface area contributed by atoms with Crippen molar-refractivity contribution in [2.45, 2.75) is 19.5 Å². The first-order valence-electron chi connectivity index (χ1n) is 10.2. The number of hydrogen-bond donors (Lipinski definition) is 1. The fraction of sp³-hybridized carbons (Fsp3) is 0.208. The summed E-state index contributed by atoms with van der Waals surface area (Å²) in [4.78, 5) is 33.3. The predicted octanol–water partition coefficient (Wildman–Crippen LogP) is 3.98. The number of hydrogen-bond acceptors (Lipinski definition) is 3. The molecule has 0 saturated carbocycles. The molecule has 3 aromatic rings. The van der Waals surface area contributed by atoms with Crippen molar-refractivity contribution in [3.63, 3.8) is 0 Å². The molecule has 3 amide bonds. The Balaban J connectivity index is 1.44. The lowest BCUT2D eigenvalue weighted by Gasteiger charge is -2.35. The minimum Gasteiger partial charge on any atom is -0.346 e. The fourth-order valence-corrected chi connectivity index (χ4v) is 3.57. The molecule has 6 nitrogen and oxygen atoms in total. The average molecular weight is 418 g/mol. The normalized spacial score (nSPS) is 13.9. The first-order valence-corrected chi connectivity index (χ1v) is 10.2. The minimum absolute atomic E-state index is 0.124. The Morgan fingerprint density at radius 1 is 1.03 bits per heavy atom. The van der Waals surface area contributed by atoms with Gasteiger partial charge in [0, 0.05) is 37.1 Å². The van der Waals surface area contributed by atoms with E-state index in [-0.39, 0.29) is 17.8 Å². The molecular weight excluding hydrogens is 395 g/mol. The van der Waals surface area contributed by atoms with Crippen molar-refractivity contribution in [1.82, 2.24) is 15.2 Å². The molecule has 31 heavy (non-hydrogen) atoms. The molecule has 1 aliphatic rings. The van der Waals surface area contributed by atoms with Gasteiger partial charge >= 0.3 is 6.03 Å². The van der Waals surface area contributed by atoms with Crippen molar-refractivity contribution in [3.8, 4) is 0 Å². The zero-order valence-electron chi connectivity index (χ0n) is 17.0. The summed E-state index contributed by atoms with van der Waals surface area (Å²) in [6.45, 7) is 1.96. The number of nitrogens with one attached hydrogen (secondary N) is 1. The van der Waals surface area contributed by atoms with E-state index in [1.807, 2.05) is 24.3 Å². The Morgan fingerprint density at radius 3 is 2.65 bits per heavy atom. The van der Waals surface area contributed by atoms with Gasteiger partial charge in [0.25, 0.3) is 5.91 Å². The molecule has 2 heterocycles. The van der Waals surface area contributed by atoms with E-state index in [9.17, 15) is 14.0 Å². The van der Waals surface area contributed by atoms with Crippen molar-refractivity contribution < 1.29 is 14.0 Å². The number of rotatable bonds is 6. The molecule has 0 bridgehead atoms. The second-order valence-corrected chi connectivity index (χ2v) is 7.39. The predicted molar refractivity (Wildman–Crippen MR) is 116 cm³/mol. The van der Waals surface area contributed by atoms with Crippen molar-refractivity contribution in [2.75, 3.05) is 18.0 Å². The number of carbonyl (C=O) groups is 2. The molecule has 158 valence electrons. The highest BCUT2D eigenvalue weighted by Gasteiger charge is 2.27. The molecule has 1 saturated heterocycles. The largest absolute Gasteiger partial charge is 0.346 e. The summed E-state index contributed by atoms with van der Waals surface area (Å²) in [6.07, 6.45) is 2.49. The molecule has 1 aromatic heterocycles. The quantitative estimate of drug-likeness (QED) is 0.659. The summed E-state index contributed by atoms with van der Waals surface area (Å²) in [7, 11) is 0. The van der Waals surface area contributed by atoms with Crippen LogP contribution in [-0.4, -0.2) is 34.9 Å². The van der Waals surface area contributed by atoms with Gasteiger partial charge in [0.15, 0.2) is 0 Å². The molecule has 7 heteroatoms. The molecule has 0 atom stereocenters. The zero-order chi connectivity index (χ0) is 21.6. The summed E-state index contributed by atoms with van der Waals surface area (Å²) < 4.78 is 13.2. The molecule has 0 radical (unpaired) electrons. The van der Waals surface area contributed by atoms with Crippen molar-refractivity contribution in [1.29, 1.82) is 0 Å². The highest BCUT2D eigenvalue weighted by atomic mass is 19.1. The SMILES string of the molecule is O=C(NCc1ccccn1)c1cccc(N2CCCN(Cc3ccc(F)cc3)C2=O)c1. The molecule has 0 unspecified atom stereocenters. The summed E-state index contributed by atoms with van der Waals surface area (Å²) >= 11 is 0. The maximum atomic E-state index is 13.2. The van der Waals surface area contributed by atoms with E-state index < -0.39 is 0 Å². The van der Waals surface area contributed by atoms with Gasteiger partial charge in [-0.05, 0) is 54.4 Å². The molecular formula is C24H23FN4O2. The summed E-state index contributed by atoms with van der Waals surface area (Å²) in [6, 6.07) is 18.6. The first kappa shape index (κ1) is 20.5. The fourth-order valence-electron chi connectivity index (χ4n) is 3.57. The van der Waals surface area contributed by atoms with Gasteiger partial charge in [-0.1, -0.05) is 24.3 Å². The summed E-state index contributed by atoms with van der Waals surface area (Å²) in [5.41, 5.74) is 2.81. The van der Waals surface area contributed by atoms with Crippen LogP contribution in [0.15, 0.2) is 72.9 Å². The Labute approximate surface area is 180 Å². The number of halogens is 1. The van der Waals surface area contributed by atoms with E-state index in [1.165, 1.54) is 12.1 Å².